The van der Waals surface area contributed by atoms with Crippen molar-refractivity contribution in [2.24, 2.45) is 5.92 Å². The summed E-state index contributed by atoms with van der Waals surface area (Å²) in [6.07, 6.45) is 3.87. The molecule has 190 valence electrons. The maximum Gasteiger partial charge on any atom is 0.238 e. The van der Waals surface area contributed by atoms with Crippen molar-refractivity contribution in [2.45, 2.75) is 24.4 Å². The summed E-state index contributed by atoms with van der Waals surface area (Å²) in [5, 5.41) is 3.09. The molecule has 1 spiro atoms. The minimum Gasteiger partial charge on any atom is -0.358 e. The smallest absolute Gasteiger partial charge is 0.238 e. The van der Waals surface area contributed by atoms with Crippen LogP contribution in [0, 0.1) is 12.8 Å². The Morgan fingerprint density at radius 1 is 0.769 bits per heavy atom. The van der Waals surface area contributed by atoms with E-state index in [0.717, 1.165) is 22.3 Å². The van der Waals surface area contributed by atoms with Gasteiger partial charge in [0, 0.05) is 23.0 Å². The molecule has 3 heterocycles. The standard InChI is InChI=1S/C34H26N2O3/c1-21-15-17-24(18-16-21)30(37)28-29(31(38)23-10-3-2-4-11-23)36-20-19-22-9-5-6-12-25(22)32(36)34(28)26-13-7-8-14-27(26)35-33(34)39/h2-20,28-29,32H,1H3,(H,35,39)/t28-,29-,32?,34-/m0/s1. The van der Waals surface area contributed by atoms with Crippen LogP contribution in [-0.2, 0) is 10.2 Å². The van der Waals surface area contributed by atoms with Crippen molar-refractivity contribution in [3.8, 4) is 0 Å². The quantitative estimate of drug-likeness (QED) is 0.343. The fraction of sp³-hybridized carbons (Fsp3) is 0.147. The predicted molar refractivity (Wildman–Crippen MR) is 150 cm³/mol. The van der Waals surface area contributed by atoms with E-state index in [4.69, 9.17) is 0 Å². The van der Waals surface area contributed by atoms with Gasteiger partial charge in [0.05, 0.1) is 12.0 Å². The number of hydrogen-bond acceptors (Lipinski definition) is 4. The highest BCUT2D eigenvalue weighted by Crippen LogP contribution is 2.62. The van der Waals surface area contributed by atoms with Crippen molar-refractivity contribution >= 4 is 29.2 Å². The third-order valence-corrected chi connectivity index (χ3v) is 8.52. The first-order valence-electron chi connectivity index (χ1n) is 13.2. The number of amides is 1. The number of benzene rings is 4. The summed E-state index contributed by atoms with van der Waals surface area (Å²) >= 11 is 0. The summed E-state index contributed by atoms with van der Waals surface area (Å²) in [4.78, 5) is 45.5. The molecule has 1 N–H and O–H groups in total. The van der Waals surface area contributed by atoms with Crippen LogP contribution in [0.3, 0.4) is 0 Å². The number of fused-ring (bicyclic) bond motifs is 6. The zero-order valence-electron chi connectivity index (χ0n) is 21.4. The molecule has 4 aromatic carbocycles. The molecule has 0 radical (unpaired) electrons. The van der Waals surface area contributed by atoms with Gasteiger partial charge in [0.2, 0.25) is 5.91 Å². The molecule has 5 nitrogen and oxygen atoms in total. The third-order valence-electron chi connectivity index (χ3n) is 8.52. The second-order valence-electron chi connectivity index (χ2n) is 10.5. The Morgan fingerprint density at radius 2 is 1.44 bits per heavy atom. The predicted octanol–water partition coefficient (Wildman–Crippen LogP) is 5.98. The monoisotopic (exact) mass is 510 g/mol. The Kier molecular flexibility index (Phi) is 5.17. The van der Waals surface area contributed by atoms with E-state index in [1.165, 1.54) is 0 Å². The highest BCUT2D eigenvalue weighted by atomic mass is 16.2. The maximum atomic E-state index is 14.7. The highest BCUT2D eigenvalue weighted by Gasteiger charge is 2.70. The first-order valence-corrected chi connectivity index (χ1v) is 13.2. The van der Waals surface area contributed by atoms with E-state index < -0.39 is 23.4 Å². The van der Waals surface area contributed by atoms with E-state index in [1.54, 1.807) is 24.3 Å². The summed E-state index contributed by atoms with van der Waals surface area (Å²) in [5.41, 5.74) is 4.07. The van der Waals surface area contributed by atoms with Crippen molar-refractivity contribution in [1.82, 2.24) is 4.90 Å². The molecular formula is C34H26N2O3. The van der Waals surface area contributed by atoms with Gasteiger partial charge in [-0.15, -0.1) is 0 Å². The van der Waals surface area contributed by atoms with Crippen molar-refractivity contribution in [2.75, 3.05) is 5.32 Å². The van der Waals surface area contributed by atoms with Crippen LogP contribution in [0.15, 0.2) is 109 Å². The normalized spacial score (nSPS) is 24.2. The Balaban J connectivity index is 1.54. The molecule has 1 unspecified atom stereocenters. The Bertz CT molecular complexity index is 1670. The molecule has 4 aromatic rings. The molecule has 4 atom stereocenters. The fourth-order valence-electron chi connectivity index (χ4n) is 6.84. The molecule has 0 bridgehead atoms. The van der Waals surface area contributed by atoms with E-state index in [0.29, 0.717) is 16.8 Å². The lowest BCUT2D eigenvalue weighted by Gasteiger charge is -2.38. The van der Waals surface area contributed by atoms with Crippen LogP contribution in [0.2, 0.25) is 0 Å². The van der Waals surface area contributed by atoms with E-state index in [-0.39, 0.29) is 17.5 Å². The van der Waals surface area contributed by atoms with Crippen molar-refractivity contribution in [3.05, 3.63) is 143 Å². The summed E-state index contributed by atoms with van der Waals surface area (Å²) in [7, 11) is 0. The average molecular weight is 511 g/mol. The van der Waals surface area contributed by atoms with Gasteiger partial charge in [0.1, 0.15) is 11.5 Å². The molecule has 7 rings (SSSR count). The lowest BCUT2D eigenvalue weighted by atomic mass is 9.62. The van der Waals surface area contributed by atoms with E-state index in [1.807, 2.05) is 103 Å². The number of aryl methyl sites for hydroxylation is 1. The molecule has 3 aliphatic heterocycles. The second-order valence-corrected chi connectivity index (χ2v) is 10.5. The van der Waals surface area contributed by atoms with Crippen molar-refractivity contribution in [1.29, 1.82) is 0 Å². The van der Waals surface area contributed by atoms with Crippen LogP contribution in [-0.4, -0.2) is 28.4 Å². The molecule has 0 saturated carbocycles. The van der Waals surface area contributed by atoms with E-state index in [9.17, 15) is 14.4 Å². The summed E-state index contributed by atoms with van der Waals surface area (Å²) in [5.74, 6) is -1.60. The SMILES string of the molecule is Cc1ccc(C(=O)[C@@H]2[C@@H](C(=O)c3ccccc3)N3C=Cc4ccccc4C3[C@@]23C(=O)Nc2ccccc23)cc1. The number of carbonyl (C=O) groups excluding carboxylic acids is 3. The van der Waals surface area contributed by atoms with Crippen LogP contribution < -0.4 is 5.32 Å². The van der Waals surface area contributed by atoms with Gasteiger partial charge in [-0.05, 0) is 35.8 Å². The highest BCUT2D eigenvalue weighted by molar-refractivity contribution is 6.16. The van der Waals surface area contributed by atoms with Gasteiger partial charge in [0.15, 0.2) is 11.6 Å². The molecule has 5 heteroatoms. The van der Waals surface area contributed by atoms with Crippen LogP contribution >= 0.6 is 0 Å². The number of ketones is 2. The molecule has 3 aliphatic rings. The molecular weight excluding hydrogens is 484 g/mol. The van der Waals surface area contributed by atoms with Crippen molar-refractivity contribution in [3.63, 3.8) is 0 Å². The molecule has 1 fully saturated rings. The fourth-order valence-corrected chi connectivity index (χ4v) is 6.84. The van der Waals surface area contributed by atoms with Gasteiger partial charge in [-0.2, -0.15) is 0 Å². The largest absolute Gasteiger partial charge is 0.358 e. The first kappa shape index (κ1) is 23.4. The van der Waals surface area contributed by atoms with Crippen LogP contribution in [0.25, 0.3) is 6.08 Å². The van der Waals surface area contributed by atoms with Gasteiger partial charge >= 0.3 is 0 Å². The lowest BCUT2D eigenvalue weighted by Crippen LogP contribution is -2.49. The Morgan fingerprint density at radius 3 is 2.23 bits per heavy atom. The van der Waals surface area contributed by atoms with E-state index >= 15 is 0 Å². The first-order chi connectivity index (χ1) is 19.0. The minimum atomic E-state index is -1.31. The third kappa shape index (κ3) is 3.23. The molecule has 0 aliphatic carbocycles. The van der Waals surface area contributed by atoms with Gasteiger partial charge in [-0.3, -0.25) is 14.4 Å². The Hall–Kier alpha value is -4.77. The van der Waals surface area contributed by atoms with Gasteiger partial charge < -0.3 is 10.2 Å². The van der Waals surface area contributed by atoms with Crippen LogP contribution in [0.1, 0.15) is 49.0 Å². The number of hydrogen-bond donors (Lipinski definition) is 1. The zero-order chi connectivity index (χ0) is 26.7. The van der Waals surface area contributed by atoms with Crippen LogP contribution in [0.4, 0.5) is 5.69 Å². The number of para-hydroxylation sites is 1. The summed E-state index contributed by atoms with van der Waals surface area (Å²) in [6.45, 7) is 1.97. The van der Waals surface area contributed by atoms with Crippen molar-refractivity contribution < 1.29 is 14.4 Å². The molecule has 1 saturated heterocycles. The molecule has 0 aromatic heterocycles. The molecule has 39 heavy (non-hydrogen) atoms. The molecule has 1 amide bonds. The van der Waals surface area contributed by atoms with Gasteiger partial charge in [0.25, 0.3) is 0 Å². The average Bonchev–Trinajstić information content (AvgIpc) is 3.45. The topological polar surface area (TPSA) is 66.5 Å². The zero-order valence-corrected chi connectivity index (χ0v) is 21.4. The number of carbonyl (C=O) groups is 3. The van der Waals surface area contributed by atoms with Gasteiger partial charge in [-0.1, -0.05) is 103 Å². The van der Waals surface area contributed by atoms with E-state index in [2.05, 4.69) is 5.32 Å². The van der Waals surface area contributed by atoms with Crippen LogP contribution in [0.5, 0.6) is 0 Å². The summed E-state index contributed by atoms with van der Waals surface area (Å²) < 4.78 is 0. The minimum absolute atomic E-state index is 0.177. The Labute approximate surface area is 226 Å². The summed E-state index contributed by atoms with van der Waals surface area (Å²) in [6, 6.07) is 30.6. The van der Waals surface area contributed by atoms with Gasteiger partial charge in [-0.25, -0.2) is 0 Å². The number of nitrogens with zero attached hydrogens (tertiary/aromatic N) is 1. The second kappa shape index (κ2) is 8.63. The lowest BCUT2D eigenvalue weighted by molar-refractivity contribution is -0.122. The maximum absolute atomic E-state index is 14.7. The number of rotatable bonds is 4. The number of anilines is 1. The number of nitrogens with one attached hydrogen (secondary N) is 1. The number of Topliss-reactive ketones (excluding diaryl/α,β-unsaturated/α-hetero) is 2.